The van der Waals surface area contributed by atoms with Crippen molar-refractivity contribution in [3.8, 4) is 5.69 Å². The molecular weight excluding hydrogens is 394 g/mol. The van der Waals surface area contributed by atoms with Gasteiger partial charge in [0.1, 0.15) is 0 Å². The molecule has 154 valence electrons. The number of fused-ring (bicyclic) bond motifs is 1. The first-order valence-corrected chi connectivity index (χ1v) is 9.69. The number of nitrogens with one attached hydrogen (secondary N) is 1. The minimum atomic E-state index is -0.518. The molecule has 9 heteroatoms. The molecule has 3 fully saturated rings. The molecule has 1 spiro atoms. The van der Waals surface area contributed by atoms with Gasteiger partial charge in [-0.2, -0.15) is 5.10 Å². The Labute approximate surface area is 174 Å². The molecule has 1 aromatic heterocycles. The summed E-state index contributed by atoms with van der Waals surface area (Å²) in [5.41, 5.74) is 6.66. The number of halogens is 1. The normalized spacial score (nSPS) is 29.6. The fourth-order valence-corrected chi connectivity index (χ4v) is 5.06. The van der Waals surface area contributed by atoms with Gasteiger partial charge in [-0.1, -0.05) is 6.07 Å². The van der Waals surface area contributed by atoms with Gasteiger partial charge in [0, 0.05) is 31.2 Å². The molecule has 0 aliphatic carbocycles. The van der Waals surface area contributed by atoms with Crippen LogP contribution in [0.2, 0.25) is 0 Å². The number of nitrogens with two attached hydrogens (primary N) is 1. The summed E-state index contributed by atoms with van der Waals surface area (Å²) in [5.74, 6) is -1.03. The number of hydrogen-bond acceptors (Lipinski definition) is 5. The predicted molar refractivity (Wildman–Crippen MR) is 109 cm³/mol. The highest BCUT2D eigenvalue weighted by Crippen LogP contribution is 2.55. The Bertz CT molecular complexity index is 921. The second-order valence-electron chi connectivity index (χ2n) is 7.80. The number of nitrogens with zero attached hydrogens (tertiary/aromatic N) is 3. The van der Waals surface area contributed by atoms with Crippen LogP contribution in [0.1, 0.15) is 12.8 Å². The van der Waals surface area contributed by atoms with Crippen LogP contribution in [-0.4, -0.2) is 57.8 Å². The zero-order chi connectivity index (χ0) is 19.3. The number of carbonyl (C=O) groups is 2. The van der Waals surface area contributed by atoms with E-state index in [1.165, 1.54) is 0 Å². The SMILES string of the molecule is Cl.NCCN1C[C@]23CC[C@H](O2)[C@H](C(=O)Nc2cccc(-n4cccn4)c2)[C@@H]3C1=O. The molecule has 3 saturated heterocycles. The topological polar surface area (TPSA) is 102 Å². The van der Waals surface area contributed by atoms with Crippen molar-refractivity contribution in [2.24, 2.45) is 17.6 Å². The Morgan fingerprint density at radius 3 is 3.00 bits per heavy atom. The summed E-state index contributed by atoms with van der Waals surface area (Å²) >= 11 is 0. The van der Waals surface area contributed by atoms with Crippen molar-refractivity contribution in [1.82, 2.24) is 14.7 Å². The summed E-state index contributed by atoms with van der Waals surface area (Å²) in [4.78, 5) is 27.8. The van der Waals surface area contributed by atoms with Crippen LogP contribution in [0, 0.1) is 11.8 Å². The third-order valence-electron chi connectivity index (χ3n) is 6.19. The van der Waals surface area contributed by atoms with Crippen LogP contribution >= 0.6 is 12.4 Å². The van der Waals surface area contributed by atoms with Gasteiger partial charge in [-0.3, -0.25) is 9.59 Å². The van der Waals surface area contributed by atoms with E-state index in [1.807, 2.05) is 36.5 Å². The lowest BCUT2D eigenvalue weighted by Gasteiger charge is -2.27. The van der Waals surface area contributed by atoms with Crippen molar-refractivity contribution in [2.45, 2.75) is 24.5 Å². The Balaban J connectivity index is 0.00000205. The largest absolute Gasteiger partial charge is 0.368 e. The third-order valence-corrected chi connectivity index (χ3v) is 6.19. The predicted octanol–water partition coefficient (Wildman–Crippen LogP) is 1.20. The maximum absolute atomic E-state index is 13.1. The van der Waals surface area contributed by atoms with E-state index in [-0.39, 0.29) is 30.3 Å². The first-order chi connectivity index (χ1) is 13.6. The van der Waals surface area contributed by atoms with E-state index >= 15 is 0 Å². The highest BCUT2D eigenvalue weighted by atomic mass is 35.5. The van der Waals surface area contributed by atoms with Gasteiger partial charge in [-0.05, 0) is 37.1 Å². The molecule has 2 bridgehead atoms. The number of likely N-dealkylation sites (tertiary alicyclic amines) is 1. The number of carbonyl (C=O) groups excluding carboxylic acids is 2. The van der Waals surface area contributed by atoms with E-state index in [0.29, 0.717) is 25.3 Å². The zero-order valence-electron chi connectivity index (χ0n) is 15.9. The van der Waals surface area contributed by atoms with E-state index in [9.17, 15) is 9.59 Å². The van der Waals surface area contributed by atoms with E-state index in [1.54, 1.807) is 15.8 Å². The van der Waals surface area contributed by atoms with Gasteiger partial charge in [0.15, 0.2) is 0 Å². The minimum absolute atomic E-state index is 0. The maximum atomic E-state index is 13.1. The average Bonchev–Trinajstić information content (AvgIpc) is 3.45. The lowest BCUT2D eigenvalue weighted by atomic mass is 9.73. The summed E-state index contributed by atoms with van der Waals surface area (Å²) in [7, 11) is 0. The van der Waals surface area contributed by atoms with Gasteiger partial charge in [0.2, 0.25) is 11.8 Å². The fourth-order valence-electron chi connectivity index (χ4n) is 5.06. The highest BCUT2D eigenvalue weighted by Gasteiger charge is 2.68. The van der Waals surface area contributed by atoms with Gasteiger partial charge in [-0.15, -0.1) is 12.4 Å². The monoisotopic (exact) mass is 417 g/mol. The molecule has 3 aliphatic rings. The lowest BCUT2D eigenvalue weighted by Crippen LogP contribution is -2.43. The van der Waals surface area contributed by atoms with Crippen LogP contribution in [0.4, 0.5) is 5.69 Å². The van der Waals surface area contributed by atoms with Crippen LogP contribution in [0.5, 0.6) is 0 Å². The van der Waals surface area contributed by atoms with Crippen LogP contribution in [0.3, 0.4) is 0 Å². The van der Waals surface area contributed by atoms with Crippen LogP contribution in [-0.2, 0) is 14.3 Å². The molecule has 3 N–H and O–H groups in total. The van der Waals surface area contributed by atoms with Crippen molar-refractivity contribution in [2.75, 3.05) is 25.0 Å². The third kappa shape index (κ3) is 3.11. The molecule has 4 heterocycles. The summed E-state index contributed by atoms with van der Waals surface area (Å²) in [5, 5.41) is 7.21. The quantitative estimate of drug-likeness (QED) is 0.760. The maximum Gasteiger partial charge on any atom is 0.231 e. The number of anilines is 1. The zero-order valence-corrected chi connectivity index (χ0v) is 16.7. The van der Waals surface area contributed by atoms with Gasteiger partial charge in [-0.25, -0.2) is 4.68 Å². The van der Waals surface area contributed by atoms with Gasteiger partial charge in [0.05, 0.1) is 35.8 Å². The van der Waals surface area contributed by atoms with Gasteiger partial charge in [0.25, 0.3) is 0 Å². The molecule has 4 atom stereocenters. The first-order valence-electron chi connectivity index (χ1n) is 9.69. The fraction of sp³-hybridized carbons (Fsp3) is 0.450. The Kier molecular flexibility index (Phi) is 5.10. The lowest BCUT2D eigenvalue weighted by molar-refractivity contribution is -0.136. The molecule has 29 heavy (non-hydrogen) atoms. The average molecular weight is 418 g/mol. The molecule has 8 nitrogen and oxygen atoms in total. The molecule has 0 saturated carbocycles. The second-order valence-corrected chi connectivity index (χ2v) is 7.80. The smallest absolute Gasteiger partial charge is 0.231 e. The molecular formula is C20H24ClN5O3. The van der Waals surface area contributed by atoms with E-state index in [2.05, 4.69) is 10.4 Å². The minimum Gasteiger partial charge on any atom is -0.368 e. The van der Waals surface area contributed by atoms with Crippen molar-refractivity contribution < 1.29 is 14.3 Å². The van der Waals surface area contributed by atoms with Crippen LogP contribution in [0.15, 0.2) is 42.7 Å². The van der Waals surface area contributed by atoms with Crippen LogP contribution in [0.25, 0.3) is 5.69 Å². The first kappa shape index (κ1) is 19.9. The van der Waals surface area contributed by atoms with E-state index in [0.717, 1.165) is 18.5 Å². The Morgan fingerprint density at radius 2 is 2.24 bits per heavy atom. The standard InChI is InChI=1S/C20H23N5O3.ClH/c21-7-10-24-12-20-6-5-15(28-20)16(17(20)19(24)27)18(26)23-13-3-1-4-14(11-13)25-9-2-8-22-25;/h1-4,8-9,11,15-17H,5-7,10,12,21H2,(H,23,26);1H/t15-,16-,17+,20-;/m0./s1. The molecule has 1 aromatic carbocycles. The summed E-state index contributed by atoms with van der Waals surface area (Å²) in [6.07, 6.45) is 5.00. The Morgan fingerprint density at radius 1 is 1.38 bits per heavy atom. The summed E-state index contributed by atoms with van der Waals surface area (Å²) in [6.45, 7) is 1.46. The number of aromatic nitrogens is 2. The molecule has 2 aromatic rings. The van der Waals surface area contributed by atoms with Gasteiger partial charge < -0.3 is 20.7 Å². The Hall–Kier alpha value is -2.42. The van der Waals surface area contributed by atoms with E-state index < -0.39 is 17.4 Å². The van der Waals surface area contributed by atoms with Gasteiger partial charge >= 0.3 is 0 Å². The number of ether oxygens (including phenoxy) is 1. The van der Waals surface area contributed by atoms with Crippen molar-refractivity contribution in [1.29, 1.82) is 0 Å². The molecule has 0 unspecified atom stereocenters. The summed E-state index contributed by atoms with van der Waals surface area (Å²) in [6, 6.07) is 9.34. The number of amides is 2. The number of hydrogen-bond donors (Lipinski definition) is 2. The molecule has 0 radical (unpaired) electrons. The molecule has 3 aliphatic heterocycles. The molecule has 5 rings (SSSR count). The van der Waals surface area contributed by atoms with Crippen molar-refractivity contribution in [3.63, 3.8) is 0 Å². The van der Waals surface area contributed by atoms with Crippen molar-refractivity contribution in [3.05, 3.63) is 42.7 Å². The van der Waals surface area contributed by atoms with Crippen molar-refractivity contribution >= 4 is 29.9 Å². The second kappa shape index (κ2) is 7.44. The van der Waals surface area contributed by atoms with Crippen LogP contribution < -0.4 is 11.1 Å². The summed E-state index contributed by atoms with van der Waals surface area (Å²) < 4.78 is 7.94. The highest BCUT2D eigenvalue weighted by molar-refractivity contribution is 5.98. The molecule has 2 amide bonds. The number of benzene rings is 1. The number of rotatable bonds is 5. The van der Waals surface area contributed by atoms with E-state index in [4.69, 9.17) is 10.5 Å².